The molecule has 0 saturated heterocycles. The number of halogens is 1. The number of benzene rings is 3. The van der Waals surface area contributed by atoms with Crippen molar-refractivity contribution in [3.05, 3.63) is 89.2 Å². The molecule has 1 amide bonds. The van der Waals surface area contributed by atoms with E-state index in [-0.39, 0.29) is 10.8 Å². The van der Waals surface area contributed by atoms with E-state index in [9.17, 15) is 17.6 Å². The van der Waals surface area contributed by atoms with E-state index < -0.39 is 15.8 Å². The van der Waals surface area contributed by atoms with Crippen molar-refractivity contribution < 1.29 is 17.6 Å². The standard InChI is InChI=1S/C25H26FN3O3S/c26-21-11-13-22(14-12-21)33(31,32)28-23-5-1-3-20-4-2-16-29(25(20)23)24(30)15-10-18-6-8-19(17-27)9-7-18/h1,3,5-9,11-14,28H,2,4,10,15-17,27H2. The van der Waals surface area contributed by atoms with Crippen molar-refractivity contribution >= 4 is 27.3 Å². The fourth-order valence-electron chi connectivity index (χ4n) is 4.03. The van der Waals surface area contributed by atoms with Crippen molar-refractivity contribution in [3.8, 4) is 0 Å². The zero-order chi connectivity index (χ0) is 23.4. The summed E-state index contributed by atoms with van der Waals surface area (Å²) in [7, 11) is -3.94. The van der Waals surface area contributed by atoms with Gasteiger partial charge in [-0.05, 0) is 66.3 Å². The van der Waals surface area contributed by atoms with E-state index in [1.54, 1.807) is 17.0 Å². The molecule has 3 aromatic carbocycles. The Hall–Kier alpha value is -3.23. The van der Waals surface area contributed by atoms with Crippen molar-refractivity contribution in [1.82, 2.24) is 0 Å². The molecule has 3 N–H and O–H groups in total. The van der Waals surface area contributed by atoms with Crippen LogP contribution < -0.4 is 15.4 Å². The monoisotopic (exact) mass is 467 g/mol. The van der Waals surface area contributed by atoms with Crippen LogP contribution in [0.2, 0.25) is 0 Å². The second-order valence-corrected chi connectivity index (χ2v) is 9.72. The first-order valence-electron chi connectivity index (χ1n) is 10.9. The van der Waals surface area contributed by atoms with Crippen LogP contribution >= 0.6 is 0 Å². The molecule has 0 saturated carbocycles. The third-order valence-corrected chi connectivity index (χ3v) is 7.15. The van der Waals surface area contributed by atoms with Gasteiger partial charge in [0, 0.05) is 19.5 Å². The molecule has 8 heteroatoms. The number of sulfonamides is 1. The van der Waals surface area contributed by atoms with Gasteiger partial charge in [0.25, 0.3) is 10.0 Å². The Labute approximate surface area is 193 Å². The molecule has 0 bridgehead atoms. The van der Waals surface area contributed by atoms with E-state index in [2.05, 4.69) is 4.72 Å². The van der Waals surface area contributed by atoms with E-state index in [0.29, 0.717) is 37.3 Å². The molecule has 0 spiro atoms. The van der Waals surface area contributed by atoms with Crippen molar-refractivity contribution in [3.63, 3.8) is 0 Å². The number of hydrogen-bond acceptors (Lipinski definition) is 4. The number of amides is 1. The maximum absolute atomic E-state index is 13.2. The SMILES string of the molecule is NCc1ccc(CCC(=O)N2CCCc3cccc(NS(=O)(=O)c4ccc(F)cc4)c32)cc1. The van der Waals surface area contributed by atoms with Crippen LogP contribution in [0, 0.1) is 5.82 Å². The van der Waals surface area contributed by atoms with E-state index >= 15 is 0 Å². The van der Waals surface area contributed by atoms with Gasteiger partial charge >= 0.3 is 0 Å². The number of nitrogens with two attached hydrogens (primary N) is 1. The Bertz CT molecular complexity index is 1240. The summed E-state index contributed by atoms with van der Waals surface area (Å²) in [6, 6.07) is 17.8. The van der Waals surface area contributed by atoms with Crippen LogP contribution in [-0.2, 0) is 34.2 Å². The van der Waals surface area contributed by atoms with Crippen LogP contribution in [0.5, 0.6) is 0 Å². The normalized spacial score (nSPS) is 13.5. The molecule has 3 aromatic rings. The number of anilines is 2. The highest BCUT2D eigenvalue weighted by Crippen LogP contribution is 2.36. The lowest BCUT2D eigenvalue weighted by Gasteiger charge is -2.32. The van der Waals surface area contributed by atoms with Gasteiger partial charge in [-0.25, -0.2) is 12.8 Å². The lowest BCUT2D eigenvalue weighted by Crippen LogP contribution is -2.36. The molecule has 4 rings (SSSR count). The Balaban J connectivity index is 1.56. The molecule has 0 fully saturated rings. The van der Waals surface area contributed by atoms with Gasteiger partial charge in [-0.1, -0.05) is 36.4 Å². The number of rotatable bonds is 7. The average Bonchev–Trinajstić information content (AvgIpc) is 2.82. The van der Waals surface area contributed by atoms with Crippen molar-refractivity contribution in [1.29, 1.82) is 0 Å². The fraction of sp³-hybridized carbons (Fsp3) is 0.240. The van der Waals surface area contributed by atoms with Gasteiger partial charge < -0.3 is 10.6 Å². The Morgan fingerprint density at radius 1 is 1.00 bits per heavy atom. The predicted octanol–water partition coefficient (Wildman–Crippen LogP) is 4.00. The van der Waals surface area contributed by atoms with Crippen LogP contribution in [0.25, 0.3) is 0 Å². The summed E-state index contributed by atoms with van der Waals surface area (Å²) < 4.78 is 41.6. The Kier molecular flexibility index (Phi) is 6.76. The summed E-state index contributed by atoms with van der Waals surface area (Å²) in [6.07, 6.45) is 2.45. The largest absolute Gasteiger partial charge is 0.326 e. The molecule has 1 aliphatic heterocycles. The smallest absolute Gasteiger partial charge is 0.261 e. The lowest BCUT2D eigenvalue weighted by molar-refractivity contribution is -0.118. The molecule has 0 aromatic heterocycles. The summed E-state index contributed by atoms with van der Waals surface area (Å²) >= 11 is 0. The lowest BCUT2D eigenvalue weighted by atomic mass is 9.99. The van der Waals surface area contributed by atoms with Gasteiger partial charge in [-0.2, -0.15) is 0 Å². The summed E-state index contributed by atoms with van der Waals surface area (Å²) in [5.41, 5.74) is 9.58. The summed E-state index contributed by atoms with van der Waals surface area (Å²) in [6.45, 7) is 0.994. The molecular formula is C25H26FN3O3S. The second-order valence-electron chi connectivity index (χ2n) is 8.04. The molecule has 0 unspecified atom stereocenters. The highest BCUT2D eigenvalue weighted by Gasteiger charge is 2.27. The van der Waals surface area contributed by atoms with Gasteiger partial charge in [0.15, 0.2) is 0 Å². The number of carbonyl (C=O) groups excluding carboxylic acids is 1. The van der Waals surface area contributed by atoms with Crippen LogP contribution in [0.3, 0.4) is 0 Å². The zero-order valence-corrected chi connectivity index (χ0v) is 18.9. The third-order valence-electron chi connectivity index (χ3n) is 5.77. The number of nitrogens with zero attached hydrogens (tertiary/aromatic N) is 1. The van der Waals surface area contributed by atoms with Gasteiger partial charge in [0.05, 0.1) is 16.3 Å². The number of para-hydroxylation sites is 1. The van der Waals surface area contributed by atoms with Crippen LogP contribution in [0.4, 0.5) is 15.8 Å². The second kappa shape index (κ2) is 9.72. The predicted molar refractivity (Wildman–Crippen MR) is 127 cm³/mol. The van der Waals surface area contributed by atoms with Gasteiger partial charge in [0.1, 0.15) is 5.82 Å². The van der Waals surface area contributed by atoms with Crippen molar-refractivity contribution in [2.24, 2.45) is 5.73 Å². The minimum absolute atomic E-state index is 0.0453. The third kappa shape index (κ3) is 5.23. The van der Waals surface area contributed by atoms with Crippen LogP contribution in [0.15, 0.2) is 71.6 Å². The summed E-state index contributed by atoms with van der Waals surface area (Å²) in [5.74, 6) is -0.576. The first-order chi connectivity index (χ1) is 15.9. The fourth-order valence-corrected chi connectivity index (χ4v) is 5.10. The number of fused-ring (bicyclic) bond motifs is 1. The van der Waals surface area contributed by atoms with Crippen molar-refractivity contribution in [2.45, 2.75) is 37.1 Å². The Morgan fingerprint density at radius 3 is 2.39 bits per heavy atom. The zero-order valence-electron chi connectivity index (χ0n) is 18.1. The molecule has 172 valence electrons. The molecular weight excluding hydrogens is 441 g/mol. The molecule has 33 heavy (non-hydrogen) atoms. The van der Waals surface area contributed by atoms with Gasteiger partial charge in [-0.3, -0.25) is 9.52 Å². The van der Waals surface area contributed by atoms with E-state index in [4.69, 9.17) is 5.73 Å². The number of nitrogens with one attached hydrogen (secondary N) is 1. The molecule has 1 aliphatic rings. The van der Waals surface area contributed by atoms with E-state index in [1.807, 2.05) is 30.3 Å². The molecule has 0 aliphatic carbocycles. The first-order valence-corrected chi connectivity index (χ1v) is 12.3. The highest BCUT2D eigenvalue weighted by atomic mass is 32.2. The summed E-state index contributed by atoms with van der Waals surface area (Å²) in [5, 5.41) is 0. The molecule has 1 heterocycles. The van der Waals surface area contributed by atoms with Crippen molar-refractivity contribution in [2.75, 3.05) is 16.2 Å². The topological polar surface area (TPSA) is 92.5 Å². The van der Waals surface area contributed by atoms with Crippen LogP contribution in [0.1, 0.15) is 29.5 Å². The number of aryl methyl sites for hydroxylation is 2. The van der Waals surface area contributed by atoms with E-state index in [0.717, 1.165) is 41.7 Å². The highest BCUT2D eigenvalue weighted by molar-refractivity contribution is 7.92. The van der Waals surface area contributed by atoms with E-state index in [1.165, 1.54) is 12.1 Å². The first kappa shape index (κ1) is 22.9. The van der Waals surface area contributed by atoms with Gasteiger partial charge in [-0.15, -0.1) is 0 Å². The molecule has 6 nitrogen and oxygen atoms in total. The molecule has 0 atom stereocenters. The molecule has 0 radical (unpaired) electrons. The minimum Gasteiger partial charge on any atom is -0.326 e. The number of carbonyl (C=O) groups is 1. The maximum Gasteiger partial charge on any atom is 0.261 e. The number of hydrogen-bond donors (Lipinski definition) is 2. The quantitative estimate of drug-likeness (QED) is 0.549. The van der Waals surface area contributed by atoms with Crippen LogP contribution in [-0.4, -0.2) is 20.9 Å². The summed E-state index contributed by atoms with van der Waals surface area (Å²) in [4.78, 5) is 14.8. The average molecular weight is 468 g/mol. The van der Waals surface area contributed by atoms with Gasteiger partial charge in [0.2, 0.25) is 5.91 Å². The maximum atomic E-state index is 13.2. The Morgan fingerprint density at radius 2 is 1.70 bits per heavy atom. The minimum atomic E-state index is -3.94.